The molecule has 1 N–H and O–H groups in total. The molecule has 1 aliphatic rings. The van der Waals surface area contributed by atoms with Crippen LogP contribution in [0.5, 0.6) is 5.75 Å². The molecule has 3 nitrogen and oxygen atoms in total. The van der Waals surface area contributed by atoms with E-state index in [1.54, 1.807) is 6.92 Å². The van der Waals surface area contributed by atoms with E-state index in [1.165, 1.54) is 23.3 Å². The molecule has 0 saturated heterocycles. The van der Waals surface area contributed by atoms with Gasteiger partial charge in [0.25, 0.3) is 5.91 Å². The van der Waals surface area contributed by atoms with E-state index in [0.717, 1.165) is 19.3 Å². The lowest BCUT2D eigenvalue weighted by Crippen LogP contribution is -2.39. The molecular weight excluding hydrogens is 381 g/mol. The average molecular weight is 399 g/mol. The predicted molar refractivity (Wildman–Crippen MR) is 102 cm³/mol. The molecule has 3 rings (SSSR count). The van der Waals surface area contributed by atoms with E-state index in [1.807, 2.05) is 12.1 Å². The highest BCUT2D eigenvalue weighted by molar-refractivity contribution is 6.43. The van der Waals surface area contributed by atoms with Crippen LogP contribution in [-0.4, -0.2) is 12.0 Å². The molecule has 0 saturated carbocycles. The summed E-state index contributed by atoms with van der Waals surface area (Å²) in [6.45, 7) is 1.68. The van der Waals surface area contributed by atoms with Crippen LogP contribution in [0.4, 0.5) is 0 Å². The van der Waals surface area contributed by atoms with Crippen LogP contribution in [0, 0.1) is 0 Å². The Morgan fingerprint density at radius 2 is 1.88 bits per heavy atom. The zero-order valence-corrected chi connectivity index (χ0v) is 16.0. The normalized spacial score (nSPS) is 17.5. The number of rotatable bonds is 4. The molecule has 25 heavy (non-hydrogen) atoms. The molecule has 0 heterocycles. The van der Waals surface area contributed by atoms with Crippen molar-refractivity contribution in [3.63, 3.8) is 0 Å². The zero-order chi connectivity index (χ0) is 18.0. The third kappa shape index (κ3) is 4.22. The van der Waals surface area contributed by atoms with Crippen molar-refractivity contribution >= 4 is 40.7 Å². The van der Waals surface area contributed by atoms with E-state index in [2.05, 4.69) is 17.4 Å². The number of benzene rings is 2. The summed E-state index contributed by atoms with van der Waals surface area (Å²) in [5, 5.41) is 4.06. The first kappa shape index (κ1) is 18.4. The van der Waals surface area contributed by atoms with E-state index in [-0.39, 0.29) is 11.9 Å². The molecule has 0 spiro atoms. The van der Waals surface area contributed by atoms with Gasteiger partial charge in [0.2, 0.25) is 0 Å². The van der Waals surface area contributed by atoms with Crippen molar-refractivity contribution in [1.82, 2.24) is 5.32 Å². The zero-order valence-electron chi connectivity index (χ0n) is 13.7. The number of amides is 1. The topological polar surface area (TPSA) is 38.3 Å². The van der Waals surface area contributed by atoms with Gasteiger partial charge in [0, 0.05) is 6.07 Å². The Morgan fingerprint density at radius 3 is 2.68 bits per heavy atom. The molecule has 2 aromatic carbocycles. The minimum Gasteiger partial charge on any atom is -0.479 e. The van der Waals surface area contributed by atoms with E-state index in [9.17, 15) is 4.79 Å². The maximum atomic E-state index is 12.6. The highest BCUT2D eigenvalue weighted by atomic mass is 35.5. The number of halogens is 3. The number of carbonyl (C=O) groups excluding carboxylic acids is 1. The molecule has 132 valence electrons. The fourth-order valence-corrected chi connectivity index (χ4v) is 3.61. The van der Waals surface area contributed by atoms with E-state index in [4.69, 9.17) is 39.5 Å². The lowest BCUT2D eigenvalue weighted by atomic mass is 9.87. The van der Waals surface area contributed by atoms with Crippen LogP contribution in [0.15, 0.2) is 36.4 Å². The average Bonchev–Trinajstić information content (AvgIpc) is 2.60. The monoisotopic (exact) mass is 397 g/mol. The Morgan fingerprint density at radius 1 is 1.16 bits per heavy atom. The molecule has 2 atom stereocenters. The Hall–Kier alpha value is -1.42. The summed E-state index contributed by atoms with van der Waals surface area (Å²) in [6, 6.07) is 11.2. The van der Waals surface area contributed by atoms with Gasteiger partial charge in [-0.1, -0.05) is 59.1 Å². The SMILES string of the molecule is C[C@H](Oc1cc(Cl)c(Cl)cc1Cl)C(=O)N[C@H]1CCCc2ccccc21. The van der Waals surface area contributed by atoms with Gasteiger partial charge in [-0.25, -0.2) is 0 Å². The maximum Gasteiger partial charge on any atom is 0.261 e. The van der Waals surface area contributed by atoms with Crippen LogP contribution in [0.1, 0.15) is 36.9 Å². The van der Waals surface area contributed by atoms with Crippen molar-refractivity contribution in [1.29, 1.82) is 0 Å². The van der Waals surface area contributed by atoms with Crippen molar-refractivity contribution in [3.05, 3.63) is 62.6 Å². The van der Waals surface area contributed by atoms with E-state index in [0.29, 0.717) is 20.8 Å². The van der Waals surface area contributed by atoms with Crippen LogP contribution in [0.2, 0.25) is 15.1 Å². The molecule has 0 fully saturated rings. The van der Waals surface area contributed by atoms with Crippen LogP contribution in [-0.2, 0) is 11.2 Å². The Labute approximate surface area is 162 Å². The molecule has 6 heteroatoms. The number of nitrogens with one attached hydrogen (secondary N) is 1. The highest BCUT2D eigenvalue weighted by Crippen LogP contribution is 2.34. The van der Waals surface area contributed by atoms with Gasteiger partial charge in [-0.15, -0.1) is 0 Å². The number of hydrogen-bond acceptors (Lipinski definition) is 2. The maximum absolute atomic E-state index is 12.6. The van der Waals surface area contributed by atoms with Gasteiger partial charge in [-0.05, 0) is 43.4 Å². The van der Waals surface area contributed by atoms with Crippen molar-refractivity contribution in [2.24, 2.45) is 0 Å². The molecule has 2 aromatic rings. The molecule has 0 radical (unpaired) electrons. The minimum absolute atomic E-state index is 0.00720. The number of fused-ring (bicyclic) bond motifs is 1. The number of hydrogen-bond donors (Lipinski definition) is 1. The predicted octanol–water partition coefficient (Wildman–Crippen LogP) is 5.61. The second-order valence-corrected chi connectivity index (χ2v) is 7.33. The molecule has 0 aromatic heterocycles. The third-order valence-corrected chi connectivity index (χ3v) is 5.35. The smallest absolute Gasteiger partial charge is 0.261 e. The van der Waals surface area contributed by atoms with Crippen molar-refractivity contribution in [3.8, 4) is 5.75 Å². The molecule has 1 amide bonds. The van der Waals surface area contributed by atoms with Crippen molar-refractivity contribution in [2.45, 2.75) is 38.3 Å². The van der Waals surface area contributed by atoms with Crippen LogP contribution < -0.4 is 10.1 Å². The van der Waals surface area contributed by atoms with E-state index >= 15 is 0 Å². The first-order chi connectivity index (χ1) is 12.0. The largest absolute Gasteiger partial charge is 0.479 e. The minimum atomic E-state index is -0.705. The fraction of sp³-hybridized carbons (Fsp3) is 0.316. The summed E-state index contributed by atoms with van der Waals surface area (Å²) in [5.74, 6) is 0.145. The molecular formula is C19H18Cl3NO2. The molecule has 1 aliphatic carbocycles. The lowest BCUT2D eigenvalue weighted by Gasteiger charge is -2.27. The number of ether oxygens (including phenoxy) is 1. The van der Waals surface area contributed by atoms with Gasteiger partial charge >= 0.3 is 0 Å². The van der Waals surface area contributed by atoms with Gasteiger partial charge in [0.15, 0.2) is 6.10 Å². The summed E-state index contributed by atoms with van der Waals surface area (Å²) >= 11 is 18.0. The molecule has 0 unspecified atom stereocenters. The summed E-state index contributed by atoms with van der Waals surface area (Å²) in [6.07, 6.45) is 2.32. The molecule has 0 bridgehead atoms. The quantitative estimate of drug-likeness (QED) is 0.680. The summed E-state index contributed by atoms with van der Waals surface area (Å²) in [4.78, 5) is 12.6. The first-order valence-corrected chi connectivity index (χ1v) is 9.28. The van der Waals surface area contributed by atoms with E-state index < -0.39 is 6.10 Å². The summed E-state index contributed by atoms with van der Waals surface area (Å²) in [5.41, 5.74) is 2.47. The second-order valence-electron chi connectivity index (χ2n) is 6.11. The van der Waals surface area contributed by atoms with Gasteiger partial charge in [0.1, 0.15) is 5.75 Å². The second kappa shape index (κ2) is 7.86. The highest BCUT2D eigenvalue weighted by Gasteiger charge is 2.24. The van der Waals surface area contributed by atoms with Crippen LogP contribution in [0.25, 0.3) is 0 Å². The Bertz CT molecular complexity index is 794. The summed E-state index contributed by atoms with van der Waals surface area (Å²) < 4.78 is 5.69. The summed E-state index contributed by atoms with van der Waals surface area (Å²) in [7, 11) is 0. The van der Waals surface area contributed by atoms with Gasteiger partial charge in [-0.3, -0.25) is 4.79 Å². The number of carbonyl (C=O) groups is 1. The third-order valence-electron chi connectivity index (χ3n) is 4.33. The van der Waals surface area contributed by atoms with Gasteiger partial charge < -0.3 is 10.1 Å². The van der Waals surface area contributed by atoms with Crippen molar-refractivity contribution in [2.75, 3.05) is 0 Å². The number of aryl methyl sites for hydroxylation is 1. The standard InChI is InChI=1S/C19H18Cl3NO2/c1-11(25-18-10-15(21)14(20)9-16(18)22)19(24)23-17-8-4-6-12-5-2-3-7-13(12)17/h2-3,5,7,9-11,17H,4,6,8H2,1H3,(H,23,24)/t11-,17-/m0/s1. The van der Waals surface area contributed by atoms with Gasteiger partial charge in [-0.2, -0.15) is 0 Å². The molecule has 0 aliphatic heterocycles. The fourth-order valence-electron chi connectivity index (χ4n) is 3.03. The lowest BCUT2D eigenvalue weighted by molar-refractivity contribution is -0.128. The van der Waals surface area contributed by atoms with Crippen LogP contribution in [0.3, 0.4) is 0 Å². The Kier molecular flexibility index (Phi) is 5.78. The first-order valence-electron chi connectivity index (χ1n) is 8.15. The Balaban J connectivity index is 1.69. The van der Waals surface area contributed by atoms with Gasteiger partial charge in [0.05, 0.1) is 21.1 Å². The van der Waals surface area contributed by atoms with Crippen molar-refractivity contribution < 1.29 is 9.53 Å². The van der Waals surface area contributed by atoms with Crippen LogP contribution >= 0.6 is 34.8 Å².